The average molecular weight is 362 g/mol. The zero-order chi connectivity index (χ0) is 17.1. The second kappa shape index (κ2) is 6.98. The van der Waals surface area contributed by atoms with Gasteiger partial charge >= 0.3 is 0 Å². The van der Waals surface area contributed by atoms with Crippen molar-refractivity contribution in [2.24, 2.45) is 0 Å². The molecule has 1 atom stereocenters. The number of carbonyl (C=O) groups is 1. The van der Waals surface area contributed by atoms with Crippen molar-refractivity contribution in [3.8, 4) is 5.69 Å². The Labute approximate surface area is 148 Å². The summed E-state index contributed by atoms with van der Waals surface area (Å²) in [6.07, 6.45) is 1.44. The summed E-state index contributed by atoms with van der Waals surface area (Å²) in [6.45, 7) is 1.87. The number of nitrogens with zero attached hydrogens (tertiary/aromatic N) is 4. The molecule has 0 aliphatic carbocycles. The van der Waals surface area contributed by atoms with Crippen molar-refractivity contribution < 1.29 is 4.79 Å². The Morgan fingerprint density at radius 3 is 2.67 bits per heavy atom. The number of rotatable bonds is 4. The first-order valence-electron chi connectivity index (χ1n) is 7.14. The minimum Gasteiger partial charge on any atom is -0.345 e. The molecule has 0 aliphatic rings. The highest BCUT2D eigenvalue weighted by molar-refractivity contribution is 6.42. The molecule has 1 aromatic heterocycles. The minimum absolute atomic E-state index is 0.236. The number of tetrazole rings is 1. The highest BCUT2D eigenvalue weighted by Crippen LogP contribution is 2.26. The Morgan fingerprint density at radius 1 is 1.17 bits per heavy atom. The van der Waals surface area contributed by atoms with E-state index >= 15 is 0 Å². The normalized spacial score (nSPS) is 12.0. The third-order valence-electron chi connectivity index (χ3n) is 3.54. The van der Waals surface area contributed by atoms with Crippen molar-refractivity contribution in [3.05, 3.63) is 70.0 Å². The van der Waals surface area contributed by atoms with Crippen molar-refractivity contribution in [2.75, 3.05) is 0 Å². The van der Waals surface area contributed by atoms with Gasteiger partial charge in [-0.1, -0.05) is 41.4 Å². The van der Waals surface area contributed by atoms with Crippen LogP contribution in [0, 0.1) is 0 Å². The maximum absolute atomic E-state index is 12.6. The number of benzene rings is 2. The molecule has 1 N–H and O–H groups in total. The molecule has 0 fully saturated rings. The van der Waals surface area contributed by atoms with Crippen molar-refractivity contribution in [2.45, 2.75) is 13.0 Å². The van der Waals surface area contributed by atoms with E-state index in [1.54, 1.807) is 30.3 Å². The van der Waals surface area contributed by atoms with Crippen LogP contribution in [0.2, 0.25) is 10.0 Å². The van der Waals surface area contributed by atoms with E-state index in [2.05, 4.69) is 20.8 Å². The molecule has 2 aromatic carbocycles. The van der Waals surface area contributed by atoms with Crippen LogP contribution in [0.15, 0.2) is 48.8 Å². The van der Waals surface area contributed by atoms with E-state index in [1.807, 2.05) is 19.1 Å². The van der Waals surface area contributed by atoms with Crippen LogP contribution in [0.5, 0.6) is 0 Å². The van der Waals surface area contributed by atoms with E-state index in [4.69, 9.17) is 23.2 Å². The second-order valence-electron chi connectivity index (χ2n) is 5.14. The first kappa shape index (κ1) is 16.4. The smallest absolute Gasteiger partial charge is 0.253 e. The lowest BCUT2D eigenvalue weighted by Crippen LogP contribution is -2.27. The van der Waals surface area contributed by atoms with Gasteiger partial charge in [-0.05, 0) is 47.2 Å². The standard InChI is InChI=1S/C16H13Cl2N5O/c1-10(11-6-7-13(17)14(18)8-11)20-16(24)12-4-2-3-5-15(12)23-9-19-21-22-23/h2-10H,1H3,(H,20,24)/t10-/m1/s1. The summed E-state index contributed by atoms with van der Waals surface area (Å²) in [6, 6.07) is 12.1. The van der Waals surface area contributed by atoms with Crippen LogP contribution < -0.4 is 5.32 Å². The highest BCUT2D eigenvalue weighted by atomic mass is 35.5. The van der Waals surface area contributed by atoms with Gasteiger partial charge < -0.3 is 5.32 Å². The van der Waals surface area contributed by atoms with E-state index in [0.29, 0.717) is 21.3 Å². The van der Waals surface area contributed by atoms with Gasteiger partial charge in [0.1, 0.15) is 6.33 Å². The monoisotopic (exact) mass is 361 g/mol. The predicted octanol–water partition coefficient (Wildman–Crippen LogP) is 3.46. The van der Waals surface area contributed by atoms with Crippen molar-refractivity contribution in [1.82, 2.24) is 25.5 Å². The lowest BCUT2D eigenvalue weighted by atomic mass is 10.1. The maximum Gasteiger partial charge on any atom is 0.253 e. The van der Waals surface area contributed by atoms with Crippen LogP contribution in [-0.2, 0) is 0 Å². The summed E-state index contributed by atoms with van der Waals surface area (Å²) < 4.78 is 1.44. The predicted molar refractivity (Wildman–Crippen MR) is 91.5 cm³/mol. The summed E-state index contributed by atoms with van der Waals surface area (Å²) >= 11 is 12.0. The first-order valence-corrected chi connectivity index (χ1v) is 7.90. The number of amides is 1. The number of aromatic nitrogens is 4. The quantitative estimate of drug-likeness (QED) is 0.772. The molecule has 8 heteroatoms. The van der Waals surface area contributed by atoms with Gasteiger partial charge in [-0.25, -0.2) is 0 Å². The van der Waals surface area contributed by atoms with Gasteiger partial charge in [0, 0.05) is 0 Å². The molecular weight excluding hydrogens is 349 g/mol. The van der Waals surface area contributed by atoms with Gasteiger partial charge in [-0.2, -0.15) is 4.68 Å². The van der Waals surface area contributed by atoms with E-state index < -0.39 is 0 Å². The molecule has 0 radical (unpaired) electrons. The Bertz CT molecular complexity index is 867. The molecule has 0 saturated carbocycles. The molecule has 0 saturated heterocycles. The summed E-state index contributed by atoms with van der Waals surface area (Å²) in [4.78, 5) is 12.6. The lowest BCUT2D eigenvalue weighted by molar-refractivity contribution is 0.0939. The molecule has 24 heavy (non-hydrogen) atoms. The zero-order valence-corrected chi connectivity index (χ0v) is 14.2. The number of halogens is 2. The van der Waals surface area contributed by atoms with Crippen LogP contribution in [0.1, 0.15) is 28.9 Å². The minimum atomic E-state index is -0.241. The first-order chi connectivity index (χ1) is 11.6. The van der Waals surface area contributed by atoms with Crippen molar-refractivity contribution >= 4 is 29.1 Å². The van der Waals surface area contributed by atoms with Crippen LogP contribution in [0.3, 0.4) is 0 Å². The van der Waals surface area contributed by atoms with E-state index in [-0.39, 0.29) is 11.9 Å². The fraction of sp³-hybridized carbons (Fsp3) is 0.125. The molecule has 3 aromatic rings. The Morgan fingerprint density at radius 2 is 1.96 bits per heavy atom. The molecule has 1 amide bonds. The highest BCUT2D eigenvalue weighted by Gasteiger charge is 2.16. The number of nitrogens with one attached hydrogen (secondary N) is 1. The van der Waals surface area contributed by atoms with Gasteiger partial charge in [-0.3, -0.25) is 4.79 Å². The largest absolute Gasteiger partial charge is 0.345 e. The van der Waals surface area contributed by atoms with E-state index in [1.165, 1.54) is 11.0 Å². The number of hydrogen-bond donors (Lipinski definition) is 1. The second-order valence-corrected chi connectivity index (χ2v) is 5.95. The molecule has 0 spiro atoms. The van der Waals surface area contributed by atoms with Gasteiger partial charge in [0.2, 0.25) is 0 Å². The molecule has 122 valence electrons. The molecule has 0 aliphatic heterocycles. The third-order valence-corrected chi connectivity index (χ3v) is 4.27. The third kappa shape index (κ3) is 3.39. The topological polar surface area (TPSA) is 72.7 Å². The summed E-state index contributed by atoms with van der Waals surface area (Å²) in [5, 5.41) is 14.9. The summed E-state index contributed by atoms with van der Waals surface area (Å²) in [7, 11) is 0. The van der Waals surface area contributed by atoms with E-state index in [0.717, 1.165) is 5.56 Å². The van der Waals surface area contributed by atoms with Gasteiger partial charge in [0.15, 0.2) is 0 Å². The number of carbonyl (C=O) groups excluding carboxylic acids is 1. The van der Waals surface area contributed by atoms with Crippen LogP contribution in [-0.4, -0.2) is 26.1 Å². The Hall–Kier alpha value is -2.44. The van der Waals surface area contributed by atoms with Gasteiger partial charge in [-0.15, -0.1) is 5.10 Å². The fourth-order valence-corrected chi connectivity index (χ4v) is 2.58. The van der Waals surface area contributed by atoms with Crippen molar-refractivity contribution in [1.29, 1.82) is 0 Å². The molecule has 1 heterocycles. The Kier molecular flexibility index (Phi) is 4.78. The lowest BCUT2D eigenvalue weighted by Gasteiger charge is -2.16. The van der Waals surface area contributed by atoms with Gasteiger partial charge in [0.25, 0.3) is 5.91 Å². The molecule has 3 rings (SSSR count). The number of hydrogen-bond acceptors (Lipinski definition) is 4. The van der Waals surface area contributed by atoms with Crippen molar-refractivity contribution in [3.63, 3.8) is 0 Å². The van der Waals surface area contributed by atoms with Crippen LogP contribution in [0.4, 0.5) is 0 Å². The average Bonchev–Trinajstić information content (AvgIpc) is 3.11. The number of para-hydroxylation sites is 1. The molecule has 6 nitrogen and oxygen atoms in total. The molecule has 0 bridgehead atoms. The Balaban J connectivity index is 1.84. The SMILES string of the molecule is C[C@@H](NC(=O)c1ccccc1-n1cnnn1)c1ccc(Cl)c(Cl)c1. The van der Waals surface area contributed by atoms with Crippen LogP contribution in [0.25, 0.3) is 5.69 Å². The van der Waals surface area contributed by atoms with Crippen LogP contribution >= 0.6 is 23.2 Å². The molecular formula is C16H13Cl2N5O. The maximum atomic E-state index is 12.6. The summed E-state index contributed by atoms with van der Waals surface area (Å²) in [5.41, 5.74) is 1.93. The fourth-order valence-electron chi connectivity index (χ4n) is 2.28. The van der Waals surface area contributed by atoms with E-state index in [9.17, 15) is 4.79 Å². The van der Waals surface area contributed by atoms with Gasteiger partial charge in [0.05, 0.1) is 27.3 Å². The summed E-state index contributed by atoms with van der Waals surface area (Å²) in [5.74, 6) is -0.236. The zero-order valence-electron chi connectivity index (χ0n) is 12.6. The molecule has 0 unspecified atom stereocenters.